The molecule has 0 aliphatic carbocycles. The molecule has 1 fully saturated rings. The van der Waals surface area contributed by atoms with Gasteiger partial charge in [0, 0.05) is 31.3 Å². The van der Waals surface area contributed by atoms with Crippen LogP contribution in [0.1, 0.15) is 31.4 Å². The van der Waals surface area contributed by atoms with Gasteiger partial charge in [-0.3, -0.25) is 0 Å². The predicted octanol–water partition coefficient (Wildman–Crippen LogP) is 2.45. The van der Waals surface area contributed by atoms with E-state index in [2.05, 4.69) is 10.1 Å². The first kappa shape index (κ1) is 16.1. The third-order valence-corrected chi connectivity index (χ3v) is 3.77. The van der Waals surface area contributed by atoms with E-state index in [1.165, 1.54) is 6.07 Å². The van der Waals surface area contributed by atoms with Crippen molar-refractivity contribution in [2.75, 3.05) is 19.7 Å². The molecular weight excluding hydrogens is 278 g/mol. The van der Waals surface area contributed by atoms with Gasteiger partial charge in [-0.15, -0.1) is 0 Å². The lowest BCUT2D eigenvalue weighted by atomic mass is 10.0. The van der Waals surface area contributed by atoms with Crippen LogP contribution in [0, 0.1) is 0 Å². The second-order valence-electron chi connectivity index (χ2n) is 5.49. The van der Waals surface area contributed by atoms with E-state index in [1.807, 2.05) is 6.92 Å². The summed E-state index contributed by atoms with van der Waals surface area (Å²) in [4.78, 5) is 0. The van der Waals surface area contributed by atoms with Crippen LogP contribution >= 0.6 is 0 Å². The molecule has 4 nitrogen and oxygen atoms in total. The molecule has 21 heavy (non-hydrogen) atoms. The molecule has 1 heterocycles. The van der Waals surface area contributed by atoms with Gasteiger partial charge in [0.1, 0.15) is 5.75 Å². The molecule has 1 aromatic carbocycles. The normalized spacial score (nSPS) is 23.5. The summed E-state index contributed by atoms with van der Waals surface area (Å²) >= 11 is 0. The van der Waals surface area contributed by atoms with Crippen LogP contribution in [0.15, 0.2) is 24.3 Å². The second kappa shape index (κ2) is 7.15. The highest BCUT2D eigenvalue weighted by Crippen LogP contribution is 2.28. The Bertz CT molecular complexity index is 451. The SMILES string of the molecule is CC1(CNC(CN)c2ccccc2OC(F)F)CCCO1. The largest absolute Gasteiger partial charge is 0.434 e. The molecule has 2 atom stereocenters. The van der Waals surface area contributed by atoms with Gasteiger partial charge >= 0.3 is 6.61 Å². The molecule has 0 radical (unpaired) electrons. The maximum absolute atomic E-state index is 12.5. The molecule has 1 aromatic rings. The molecule has 118 valence electrons. The molecule has 2 unspecified atom stereocenters. The van der Waals surface area contributed by atoms with E-state index in [-0.39, 0.29) is 17.4 Å². The molecule has 0 saturated carbocycles. The van der Waals surface area contributed by atoms with Crippen LogP contribution in [0.3, 0.4) is 0 Å². The van der Waals surface area contributed by atoms with Gasteiger partial charge in [-0.25, -0.2) is 0 Å². The Labute approximate surface area is 123 Å². The van der Waals surface area contributed by atoms with Crippen molar-refractivity contribution in [1.82, 2.24) is 5.32 Å². The number of hydrogen-bond donors (Lipinski definition) is 2. The monoisotopic (exact) mass is 300 g/mol. The first-order valence-corrected chi connectivity index (χ1v) is 7.15. The van der Waals surface area contributed by atoms with Crippen LogP contribution in [0.2, 0.25) is 0 Å². The lowest BCUT2D eigenvalue weighted by Crippen LogP contribution is -2.41. The lowest BCUT2D eigenvalue weighted by molar-refractivity contribution is -0.0508. The fraction of sp³-hybridized carbons (Fsp3) is 0.600. The van der Waals surface area contributed by atoms with Crippen molar-refractivity contribution >= 4 is 0 Å². The van der Waals surface area contributed by atoms with Crippen molar-refractivity contribution in [3.63, 3.8) is 0 Å². The molecule has 1 aliphatic heterocycles. The smallest absolute Gasteiger partial charge is 0.387 e. The number of ether oxygens (including phenoxy) is 2. The molecule has 0 spiro atoms. The van der Waals surface area contributed by atoms with Gasteiger partial charge in [-0.05, 0) is 25.8 Å². The van der Waals surface area contributed by atoms with E-state index in [9.17, 15) is 8.78 Å². The Balaban J connectivity index is 2.06. The van der Waals surface area contributed by atoms with E-state index >= 15 is 0 Å². The number of nitrogens with two attached hydrogens (primary N) is 1. The summed E-state index contributed by atoms with van der Waals surface area (Å²) in [6.07, 6.45) is 2.02. The highest BCUT2D eigenvalue weighted by molar-refractivity contribution is 5.36. The van der Waals surface area contributed by atoms with Crippen LogP contribution < -0.4 is 15.8 Å². The Morgan fingerprint density at radius 2 is 2.19 bits per heavy atom. The van der Waals surface area contributed by atoms with Gasteiger partial charge in [0.2, 0.25) is 0 Å². The summed E-state index contributed by atoms with van der Waals surface area (Å²) in [5, 5.41) is 3.31. The highest BCUT2D eigenvalue weighted by Gasteiger charge is 2.30. The Morgan fingerprint density at radius 3 is 2.81 bits per heavy atom. The number of rotatable bonds is 7. The molecule has 0 amide bonds. The van der Waals surface area contributed by atoms with Crippen molar-refractivity contribution in [3.05, 3.63) is 29.8 Å². The number of nitrogens with one attached hydrogen (secondary N) is 1. The minimum atomic E-state index is -2.85. The summed E-state index contributed by atoms with van der Waals surface area (Å²) in [7, 11) is 0. The molecule has 6 heteroatoms. The van der Waals surface area contributed by atoms with Gasteiger partial charge in [-0.1, -0.05) is 18.2 Å². The third kappa shape index (κ3) is 4.36. The summed E-state index contributed by atoms with van der Waals surface area (Å²) in [5.74, 6) is 0.160. The zero-order chi connectivity index (χ0) is 15.3. The number of hydrogen-bond acceptors (Lipinski definition) is 4. The maximum Gasteiger partial charge on any atom is 0.387 e. The first-order valence-electron chi connectivity index (χ1n) is 7.15. The van der Waals surface area contributed by atoms with Crippen LogP contribution in [0.5, 0.6) is 5.75 Å². The molecular formula is C15H22F2N2O2. The number of alkyl halides is 2. The van der Waals surface area contributed by atoms with Crippen molar-refractivity contribution in [1.29, 1.82) is 0 Å². The van der Waals surface area contributed by atoms with Crippen LogP contribution in [0.25, 0.3) is 0 Å². The highest BCUT2D eigenvalue weighted by atomic mass is 19.3. The summed E-state index contributed by atoms with van der Waals surface area (Å²) < 4.78 is 35.2. The van der Waals surface area contributed by atoms with Gasteiger partial charge in [0.05, 0.1) is 5.60 Å². The van der Waals surface area contributed by atoms with Crippen molar-refractivity contribution < 1.29 is 18.3 Å². The van der Waals surface area contributed by atoms with Crippen LogP contribution in [0.4, 0.5) is 8.78 Å². The van der Waals surface area contributed by atoms with Crippen LogP contribution in [-0.2, 0) is 4.74 Å². The number of para-hydroxylation sites is 1. The fourth-order valence-electron chi connectivity index (χ4n) is 2.61. The lowest BCUT2D eigenvalue weighted by Gasteiger charge is -2.28. The zero-order valence-electron chi connectivity index (χ0n) is 12.1. The maximum atomic E-state index is 12.5. The minimum absolute atomic E-state index is 0.160. The standard InChI is InChI=1S/C15H22F2N2O2/c1-15(7-4-8-20-15)10-19-12(9-18)11-5-2-3-6-13(11)21-14(16)17/h2-3,5-6,12,14,19H,4,7-10,18H2,1H3. The fourth-order valence-corrected chi connectivity index (χ4v) is 2.61. The summed E-state index contributed by atoms with van der Waals surface area (Å²) in [6.45, 7) is 0.872. The Hall–Kier alpha value is -1.24. The van der Waals surface area contributed by atoms with E-state index in [0.717, 1.165) is 19.4 Å². The molecule has 0 aromatic heterocycles. The third-order valence-electron chi connectivity index (χ3n) is 3.77. The topological polar surface area (TPSA) is 56.5 Å². The predicted molar refractivity (Wildman–Crippen MR) is 76.5 cm³/mol. The average molecular weight is 300 g/mol. The van der Waals surface area contributed by atoms with Crippen molar-refractivity contribution in [2.45, 2.75) is 38.0 Å². The van der Waals surface area contributed by atoms with Gasteiger partial charge in [0.25, 0.3) is 0 Å². The molecule has 0 bridgehead atoms. The minimum Gasteiger partial charge on any atom is -0.434 e. The first-order chi connectivity index (χ1) is 10.0. The summed E-state index contributed by atoms with van der Waals surface area (Å²) in [6, 6.07) is 6.47. The van der Waals surface area contributed by atoms with Gasteiger partial charge in [-0.2, -0.15) is 8.78 Å². The summed E-state index contributed by atoms with van der Waals surface area (Å²) in [5.41, 5.74) is 6.21. The zero-order valence-corrected chi connectivity index (χ0v) is 12.1. The number of halogens is 2. The average Bonchev–Trinajstić information content (AvgIpc) is 2.88. The van der Waals surface area contributed by atoms with Crippen LogP contribution in [-0.4, -0.2) is 31.9 Å². The second-order valence-corrected chi connectivity index (χ2v) is 5.49. The van der Waals surface area contributed by atoms with E-state index in [4.69, 9.17) is 10.5 Å². The molecule has 3 N–H and O–H groups in total. The van der Waals surface area contributed by atoms with Gasteiger partial charge < -0.3 is 20.5 Å². The van der Waals surface area contributed by atoms with E-state index in [1.54, 1.807) is 18.2 Å². The Morgan fingerprint density at radius 1 is 1.43 bits per heavy atom. The van der Waals surface area contributed by atoms with Gasteiger partial charge in [0.15, 0.2) is 0 Å². The number of benzene rings is 1. The molecule has 1 saturated heterocycles. The van der Waals surface area contributed by atoms with Crippen molar-refractivity contribution in [2.24, 2.45) is 5.73 Å². The Kier molecular flexibility index (Phi) is 5.50. The quantitative estimate of drug-likeness (QED) is 0.812. The van der Waals surface area contributed by atoms with E-state index in [0.29, 0.717) is 18.7 Å². The van der Waals surface area contributed by atoms with E-state index < -0.39 is 6.61 Å². The van der Waals surface area contributed by atoms with Crippen molar-refractivity contribution in [3.8, 4) is 5.75 Å². The molecule has 2 rings (SSSR count). The molecule has 1 aliphatic rings.